The van der Waals surface area contributed by atoms with E-state index >= 15 is 0 Å². The molecule has 0 unspecified atom stereocenters. The van der Waals surface area contributed by atoms with E-state index in [2.05, 4.69) is 0 Å². The van der Waals surface area contributed by atoms with Crippen LogP contribution in [-0.4, -0.2) is 9.49 Å². The summed E-state index contributed by atoms with van der Waals surface area (Å²) in [6.07, 6.45) is 0. The Labute approximate surface area is 146 Å². The van der Waals surface area contributed by atoms with Crippen molar-refractivity contribution in [2.75, 3.05) is 0 Å². The Bertz CT molecular complexity index is 1240. The van der Waals surface area contributed by atoms with Crippen LogP contribution in [0.1, 0.15) is 0 Å². The second kappa shape index (κ2) is 5.93. The van der Waals surface area contributed by atoms with E-state index in [0.29, 0.717) is 21.5 Å². The van der Waals surface area contributed by atoms with Crippen LogP contribution in [0.2, 0.25) is 0 Å². The lowest BCUT2D eigenvalue weighted by Gasteiger charge is -2.03. The third kappa shape index (κ3) is 2.28. The highest BCUT2D eigenvalue weighted by Crippen LogP contribution is 2.23. The van der Waals surface area contributed by atoms with Crippen LogP contribution in [0.5, 0.6) is 0 Å². The summed E-state index contributed by atoms with van der Waals surface area (Å²) in [6, 6.07) is 19.5. The Morgan fingerprint density at radius 1 is 0.654 bits per heavy atom. The van der Waals surface area contributed by atoms with Gasteiger partial charge >= 0.3 is 0 Å². The van der Waals surface area contributed by atoms with Gasteiger partial charge in [-0.05, 0) is 29.0 Å². The number of hydrogen-bond donors (Lipinski definition) is 0. The molecule has 0 fully saturated rings. The molecule has 0 aliphatic carbocycles. The van der Waals surface area contributed by atoms with Crippen LogP contribution in [0.4, 0.5) is 5.69 Å². The number of rotatable bonds is 2. The van der Waals surface area contributed by atoms with Gasteiger partial charge in [0.05, 0.1) is 4.92 Å². The van der Waals surface area contributed by atoms with Crippen LogP contribution in [0, 0.1) is 10.1 Å². The molecule has 0 N–H and O–H groups in total. The fourth-order valence-corrected chi connectivity index (χ4v) is 3.17. The van der Waals surface area contributed by atoms with Gasteiger partial charge in [0, 0.05) is 16.8 Å². The van der Waals surface area contributed by atoms with Crippen molar-refractivity contribution in [1.82, 2.24) is 4.57 Å². The molecule has 126 valence electrons. The molecule has 4 aromatic rings. The normalized spacial score (nSPS) is 10.9. The molecule has 0 spiro atoms. The molecule has 0 saturated heterocycles. The maximum absolute atomic E-state index is 13.2. The number of fused-ring (bicyclic) bond motifs is 3. The van der Waals surface area contributed by atoms with Crippen molar-refractivity contribution < 1.29 is 4.92 Å². The summed E-state index contributed by atoms with van der Waals surface area (Å²) in [5.41, 5.74) is -1.52. The maximum atomic E-state index is 13.2. The first kappa shape index (κ1) is 15.7. The fourth-order valence-electron chi connectivity index (χ4n) is 3.17. The number of para-hydroxylation sites is 2. The predicted octanol–water partition coefficient (Wildman–Crippen LogP) is 3.41. The molecule has 0 aliphatic heterocycles. The second-order valence-corrected chi connectivity index (χ2v) is 5.78. The van der Waals surface area contributed by atoms with Gasteiger partial charge in [0.1, 0.15) is 5.69 Å². The predicted molar refractivity (Wildman–Crippen MR) is 100.0 cm³/mol. The third-order valence-corrected chi connectivity index (χ3v) is 4.33. The molecule has 0 radical (unpaired) electrons. The minimum absolute atomic E-state index is 0.0426. The lowest BCUT2D eigenvalue weighted by Crippen LogP contribution is -2.29. The summed E-state index contributed by atoms with van der Waals surface area (Å²) in [6.45, 7) is 0. The smallest absolute Gasteiger partial charge is 0.268 e. The molecule has 0 bridgehead atoms. The third-order valence-electron chi connectivity index (χ3n) is 4.33. The van der Waals surface area contributed by atoms with E-state index in [1.165, 1.54) is 18.2 Å². The standard InChI is InChI=1S/C20H12N2O4/c23-19-15-9-3-1-7-13(15)14-8-2-4-10-16(14)20(24)21(19)17-11-5-6-12-18(17)22(25)26/h1-12H. The van der Waals surface area contributed by atoms with Crippen molar-refractivity contribution in [3.05, 3.63) is 104 Å². The molecule has 1 aromatic heterocycles. The van der Waals surface area contributed by atoms with Crippen molar-refractivity contribution in [1.29, 1.82) is 0 Å². The first-order valence-corrected chi connectivity index (χ1v) is 7.90. The SMILES string of the molecule is O=c1c2ccccc2c2ccccc2c(=O)n1-c1ccccc1[N+](=O)[O-]. The Hall–Kier alpha value is -3.80. The summed E-state index contributed by atoms with van der Waals surface area (Å²) >= 11 is 0. The van der Waals surface area contributed by atoms with E-state index in [1.54, 1.807) is 54.6 Å². The molecule has 6 heteroatoms. The minimum atomic E-state index is -0.599. The second-order valence-electron chi connectivity index (χ2n) is 5.78. The topological polar surface area (TPSA) is 82.2 Å². The van der Waals surface area contributed by atoms with Crippen LogP contribution in [0.15, 0.2) is 82.4 Å². The van der Waals surface area contributed by atoms with Gasteiger partial charge in [-0.1, -0.05) is 48.5 Å². The van der Waals surface area contributed by atoms with Crippen molar-refractivity contribution >= 4 is 27.2 Å². The lowest BCUT2D eigenvalue weighted by molar-refractivity contribution is -0.384. The molecule has 26 heavy (non-hydrogen) atoms. The number of benzene rings is 3. The number of hydrogen-bond acceptors (Lipinski definition) is 4. The highest BCUT2D eigenvalue weighted by molar-refractivity contribution is 6.05. The van der Waals surface area contributed by atoms with Crippen molar-refractivity contribution in [3.63, 3.8) is 0 Å². The zero-order valence-corrected chi connectivity index (χ0v) is 13.5. The summed E-state index contributed by atoms with van der Waals surface area (Å²) in [5.74, 6) is 0. The van der Waals surface area contributed by atoms with Crippen LogP contribution < -0.4 is 11.1 Å². The van der Waals surface area contributed by atoms with E-state index in [0.717, 1.165) is 4.57 Å². The van der Waals surface area contributed by atoms with Gasteiger partial charge in [0.25, 0.3) is 16.8 Å². The molecule has 0 saturated carbocycles. The van der Waals surface area contributed by atoms with Crippen LogP contribution in [0.25, 0.3) is 27.2 Å². The van der Waals surface area contributed by atoms with Gasteiger partial charge < -0.3 is 0 Å². The number of aromatic nitrogens is 1. The van der Waals surface area contributed by atoms with E-state index in [4.69, 9.17) is 0 Å². The number of nitro groups is 1. The molecule has 6 nitrogen and oxygen atoms in total. The molecular formula is C20H12N2O4. The highest BCUT2D eigenvalue weighted by Gasteiger charge is 2.19. The quantitative estimate of drug-likeness (QED) is 0.412. The first-order chi connectivity index (χ1) is 12.6. The zero-order valence-electron chi connectivity index (χ0n) is 13.5. The summed E-state index contributed by atoms with van der Waals surface area (Å²) in [7, 11) is 0. The van der Waals surface area contributed by atoms with Crippen molar-refractivity contribution in [2.45, 2.75) is 0 Å². The maximum Gasteiger partial charge on any atom is 0.293 e. The molecule has 0 atom stereocenters. The molecule has 3 aromatic carbocycles. The van der Waals surface area contributed by atoms with Gasteiger partial charge in [-0.25, -0.2) is 4.57 Å². The highest BCUT2D eigenvalue weighted by atomic mass is 16.6. The Balaban J connectivity index is 2.34. The molecule has 1 heterocycles. The zero-order chi connectivity index (χ0) is 18.3. The Morgan fingerprint density at radius 3 is 1.58 bits per heavy atom. The molecule has 0 aliphatic rings. The molecule has 4 rings (SSSR count). The van der Waals surface area contributed by atoms with E-state index < -0.39 is 16.0 Å². The first-order valence-electron chi connectivity index (χ1n) is 7.90. The number of nitro benzene ring substituents is 1. The lowest BCUT2D eigenvalue weighted by atomic mass is 10.1. The average molecular weight is 344 g/mol. The van der Waals surface area contributed by atoms with E-state index in [9.17, 15) is 19.7 Å². The largest absolute Gasteiger partial charge is 0.293 e. The van der Waals surface area contributed by atoms with Crippen LogP contribution >= 0.6 is 0 Å². The number of nitrogens with zero attached hydrogens (tertiary/aromatic N) is 2. The van der Waals surface area contributed by atoms with Crippen LogP contribution in [0.3, 0.4) is 0 Å². The van der Waals surface area contributed by atoms with E-state index in [-0.39, 0.29) is 11.4 Å². The van der Waals surface area contributed by atoms with Gasteiger partial charge in [-0.3, -0.25) is 19.7 Å². The monoisotopic (exact) mass is 344 g/mol. The minimum Gasteiger partial charge on any atom is -0.268 e. The molecular weight excluding hydrogens is 332 g/mol. The Kier molecular flexibility index (Phi) is 3.58. The fraction of sp³-hybridized carbons (Fsp3) is 0. The molecule has 0 amide bonds. The van der Waals surface area contributed by atoms with Gasteiger partial charge in [0.15, 0.2) is 0 Å². The van der Waals surface area contributed by atoms with Crippen molar-refractivity contribution in [3.8, 4) is 5.69 Å². The van der Waals surface area contributed by atoms with Crippen molar-refractivity contribution in [2.24, 2.45) is 0 Å². The van der Waals surface area contributed by atoms with Gasteiger partial charge in [0.2, 0.25) is 0 Å². The average Bonchev–Trinajstić information content (AvgIpc) is 2.76. The van der Waals surface area contributed by atoms with Gasteiger partial charge in [-0.2, -0.15) is 0 Å². The van der Waals surface area contributed by atoms with Gasteiger partial charge in [-0.15, -0.1) is 0 Å². The summed E-state index contributed by atoms with van der Waals surface area (Å²) in [4.78, 5) is 37.2. The van der Waals surface area contributed by atoms with Crippen LogP contribution in [-0.2, 0) is 0 Å². The summed E-state index contributed by atoms with van der Waals surface area (Å²) < 4.78 is 0.892. The Morgan fingerprint density at radius 2 is 1.08 bits per heavy atom. The van der Waals surface area contributed by atoms with E-state index in [1.807, 2.05) is 0 Å². The summed E-state index contributed by atoms with van der Waals surface area (Å²) in [5, 5.41) is 13.3.